The van der Waals surface area contributed by atoms with E-state index in [1.807, 2.05) is 67.1 Å². The molecule has 1 aliphatic carbocycles. The third-order valence-electron chi connectivity index (χ3n) is 7.52. The van der Waals surface area contributed by atoms with Gasteiger partial charge in [0.2, 0.25) is 15.9 Å². The molecule has 0 saturated heterocycles. The SMILES string of the molecule is CCc1ccc(S(=O)(=O)NC2c3cc(N(Cc4cncn4C)C(=O)CCc4ccccc4)ccc3CC2O)cc1. The Hall–Kier alpha value is -3.79. The average Bonchev–Trinajstić information content (AvgIpc) is 3.51. The van der Waals surface area contributed by atoms with Crippen molar-refractivity contribution in [1.82, 2.24) is 14.3 Å². The molecule has 208 valence electrons. The normalized spacial score (nSPS) is 16.6. The highest BCUT2D eigenvalue weighted by Crippen LogP contribution is 2.36. The lowest BCUT2D eigenvalue weighted by Gasteiger charge is -2.25. The van der Waals surface area contributed by atoms with E-state index in [1.54, 1.807) is 41.7 Å². The van der Waals surface area contributed by atoms with Crippen LogP contribution in [0.5, 0.6) is 0 Å². The second-order valence-electron chi connectivity index (χ2n) is 10.2. The lowest BCUT2D eigenvalue weighted by atomic mass is 10.1. The number of anilines is 1. The Balaban J connectivity index is 1.43. The monoisotopic (exact) mass is 558 g/mol. The van der Waals surface area contributed by atoms with E-state index < -0.39 is 22.2 Å². The number of carbonyl (C=O) groups excluding carboxylic acids is 1. The first kappa shape index (κ1) is 27.8. The molecule has 1 heterocycles. The van der Waals surface area contributed by atoms with Gasteiger partial charge in [-0.1, -0.05) is 55.5 Å². The highest BCUT2D eigenvalue weighted by molar-refractivity contribution is 7.89. The van der Waals surface area contributed by atoms with E-state index in [0.29, 0.717) is 37.1 Å². The zero-order chi connectivity index (χ0) is 28.3. The Bertz CT molecular complexity index is 1580. The topological polar surface area (TPSA) is 105 Å². The van der Waals surface area contributed by atoms with Crippen LogP contribution in [-0.2, 0) is 47.7 Å². The summed E-state index contributed by atoms with van der Waals surface area (Å²) in [7, 11) is -2.00. The Morgan fingerprint density at radius 3 is 2.50 bits per heavy atom. The van der Waals surface area contributed by atoms with Crippen molar-refractivity contribution in [2.24, 2.45) is 7.05 Å². The highest BCUT2D eigenvalue weighted by Gasteiger charge is 2.35. The number of benzene rings is 3. The molecule has 0 bridgehead atoms. The van der Waals surface area contributed by atoms with E-state index in [2.05, 4.69) is 9.71 Å². The van der Waals surface area contributed by atoms with Gasteiger partial charge in [0.25, 0.3) is 0 Å². The van der Waals surface area contributed by atoms with Gasteiger partial charge in [-0.2, -0.15) is 0 Å². The lowest BCUT2D eigenvalue weighted by molar-refractivity contribution is -0.118. The largest absolute Gasteiger partial charge is 0.391 e. The number of nitrogens with one attached hydrogen (secondary N) is 1. The van der Waals surface area contributed by atoms with Gasteiger partial charge >= 0.3 is 0 Å². The second kappa shape index (κ2) is 11.8. The van der Waals surface area contributed by atoms with E-state index in [-0.39, 0.29) is 10.8 Å². The third-order valence-corrected chi connectivity index (χ3v) is 8.98. The van der Waals surface area contributed by atoms with Gasteiger partial charge in [-0.05, 0) is 59.4 Å². The molecular formula is C31H34N4O4S. The van der Waals surface area contributed by atoms with Crippen molar-refractivity contribution < 1.29 is 18.3 Å². The second-order valence-corrected chi connectivity index (χ2v) is 11.9. The number of aliphatic hydroxyl groups excluding tert-OH is 1. The standard InChI is InChI=1S/C31H34N4O4S/c1-3-22-9-14-27(15-10-22)40(38,39)33-31-28-18-25(13-12-24(28)17-29(31)36)35(20-26-19-32-21-34(26)2)30(37)16-11-23-7-5-4-6-8-23/h4-10,12-15,18-19,21,29,31,33,36H,3,11,16-17,20H2,1-2H3. The van der Waals surface area contributed by atoms with Gasteiger partial charge < -0.3 is 14.6 Å². The van der Waals surface area contributed by atoms with Gasteiger partial charge in [0.15, 0.2) is 0 Å². The number of carbonyl (C=O) groups is 1. The Morgan fingerprint density at radius 2 is 1.82 bits per heavy atom. The first-order valence-corrected chi connectivity index (χ1v) is 14.9. The summed E-state index contributed by atoms with van der Waals surface area (Å²) >= 11 is 0. The summed E-state index contributed by atoms with van der Waals surface area (Å²) in [5.74, 6) is -0.0586. The summed E-state index contributed by atoms with van der Waals surface area (Å²) in [6.45, 7) is 2.32. The lowest BCUT2D eigenvalue weighted by Crippen LogP contribution is -2.34. The molecule has 1 aromatic heterocycles. The molecule has 9 heteroatoms. The van der Waals surface area contributed by atoms with Crippen LogP contribution in [0.1, 0.15) is 47.3 Å². The summed E-state index contributed by atoms with van der Waals surface area (Å²) in [6.07, 6.45) is 4.55. The van der Waals surface area contributed by atoms with E-state index in [1.165, 1.54) is 0 Å². The fraction of sp³-hybridized carbons (Fsp3) is 0.290. The quantitative estimate of drug-likeness (QED) is 0.305. The first-order valence-electron chi connectivity index (χ1n) is 13.5. The number of aromatic nitrogens is 2. The average molecular weight is 559 g/mol. The van der Waals surface area contributed by atoms with E-state index in [4.69, 9.17) is 0 Å². The molecule has 1 amide bonds. The zero-order valence-electron chi connectivity index (χ0n) is 22.7. The molecule has 0 aliphatic heterocycles. The molecule has 0 radical (unpaired) electrons. The van der Waals surface area contributed by atoms with Crippen molar-refractivity contribution in [2.45, 2.75) is 56.2 Å². The first-order chi connectivity index (χ1) is 19.2. The molecule has 8 nitrogen and oxygen atoms in total. The number of aryl methyl sites for hydroxylation is 3. The molecule has 3 aromatic carbocycles. The van der Waals surface area contributed by atoms with Crippen molar-refractivity contribution >= 4 is 21.6 Å². The Labute approximate surface area is 235 Å². The minimum atomic E-state index is -3.88. The molecule has 40 heavy (non-hydrogen) atoms. The predicted octanol–water partition coefficient (Wildman–Crippen LogP) is 4.09. The smallest absolute Gasteiger partial charge is 0.241 e. The van der Waals surface area contributed by atoms with Crippen molar-refractivity contribution in [3.05, 3.63) is 113 Å². The van der Waals surface area contributed by atoms with Gasteiger partial charge in [-0.25, -0.2) is 18.1 Å². The third kappa shape index (κ3) is 6.01. The molecule has 0 spiro atoms. The number of rotatable bonds is 10. The van der Waals surface area contributed by atoms with Gasteiger partial charge in [-0.3, -0.25) is 4.79 Å². The molecular weight excluding hydrogens is 524 g/mol. The number of hydrogen-bond acceptors (Lipinski definition) is 5. The van der Waals surface area contributed by atoms with Gasteiger partial charge in [0.1, 0.15) is 0 Å². The van der Waals surface area contributed by atoms with Crippen LogP contribution in [0.2, 0.25) is 0 Å². The van der Waals surface area contributed by atoms with Crippen molar-refractivity contribution in [2.75, 3.05) is 4.90 Å². The predicted molar refractivity (Wildman–Crippen MR) is 154 cm³/mol. The maximum atomic E-state index is 13.6. The van der Waals surface area contributed by atoms with E-state index >= 15 is 0 Å². The molecule has 0 saturated carbocycles. The summed E-state index contributed by atoms with van der Waals surface area (Å²) in [5, 5.41) is 10.9. The van der Waals surface area contributed by atoms with Crippen LogP contribution in [0.15, 0.2) is 90.2 Å². The van der Waals surface area contributed by atoms with Gasteiger partial charge in [0, 0.05) is 31.8 Å². The van der Waals surface area contributed by atoms with Crippen LogP contribution in [0.25, 0.3) is 0 Å². The zero-order valence-corrected chi connectivity index (χ0v) is 23.5. The summed E-state index contributed by atoms with van der Waals surface area (Å²) in [5.41, 5.74) is 5.15. The van der Waals surface area contributed by atoms with Gasteiger partial charge in [-0.15, -0.1) is 0 Å². The van der Waals surface area contributed by atoms with Crippen LogP contribution in [-0.4, -0.2) is 35.1 Å². The Morgan fingerprint density at radius 1 is 1.07 bits per heavy atom. The number of sulfonamides is 1. The summed E-state index contributed by atoms with van der Waals surface area (Å²) in [4.78, 5) is 19.7. The van der Waals surface area contributed by atoms with Gasteiger partial charge in [0.05, 0.1) is 35.6 Å². The van der Waals surface area contributed by atoms with Crippen LogP contribution in [0.4, 0.5) is 5.69 Å². The minimum Gasteiger partial charge on any atom is -0.391 e. The molecule has 4 aromatic rings. The van der Waals surface area contributed by atoms with E-state index in [9.17, 15) is 18.3 Å². The minimum absolute atomic E-state index is 0.0586. The van der Waals surface area contributed by atoms with Crippen LogP contribution in [0, 0.1) is 0 Å². The molecule has 2 atom stereocenters. The molecule has 5 rings (SSSR count). The molecule has 0 fully saturated rings. The summed E-state index contributed by atoms with van der Waals surface area (Å²) < 4.78 is 31.1. The molecule has 2 unspecified atom stereocenters. The van der Waals surface area contributed by atoms with Crippen molar-refractivity contribution in [3.8, 4) is 0 Å². The van der Waals surface area contributed by atoms with Crippen molar-refractivity contribution in [3.63, 3.8) is 0 Å². The molecule has 1 aliphatic rings. The summed E-state index contributed by atoms with van der Waals surface area (Å²) in [6, 6.07) is 21.4. The number of hydrogen-bond donors (Lipinski definition) is 2. The number of aliphatic hydroxyl groups is 1. The maximum Gasteiger partial charge on any atom is 0.241 e. The van der Waals surface area contributed by atoms with Crippen molar-refractivity contribution in [1.29, 1.82) is 0 Å². The number of imidazole rings is 1. The molecule has 2 N–H and O–H groups in total. The van der Waals surface area contributed by atoms with Crippen LogP contribution >= 0.6 is 0 Å². The van der Waals surface area contributed by atoms with Crippen LogP contribution < -0.4 is 9.62 Å². The number of fused-ring (bicyclic) bond motifs is 1. The number of amides is 1. The fourth-order valence-corrected chi connectivity index (χ4v) is 6.36. The fourth-order valence-electron chi connectivity index (χ4n) is 5.11. The number of nitrogens with zero attached hydrogens (tertiary/aromatic N) is 3. The van der Waals surface area contributed by atoms with E-state index in [0.717, 1.165) is 28.8 Å². The van der Waals surface area contributed by atoms with Crippen LogP contribution in [0.3, 0.4) is 0 Å². The maximum absolute atomic E-state index is 13.6. The Kier molecular flexibility index (Phi) is 8.16. The highest BCUT2D eigenvalue weighted by atomic mass is 32.2.